The molecular weight excluding hydrogens is 435 g/mol. The van der Waals surface area contributed by atoms with Crippen molar-refractivity contribution in [2.45, 2.75) is 77.7 Å². The highest BCUT2D eigenvalue weighted by molar-refractivity contribution is 5.83. The highest BCUT2D eigenvalue weighted by Gasteiger charge is 2.50. The van der Waals surface area contributed by atoms with Crippen molar-refractivity contribution in [3.63, 3.8) is 0 Å². The van der Waals surface area contributed by atoms with Gasteiger partial charge in [0.15, 0.2) is 11.9 Å². The van der Waals surface area contributed by atoms with Gasteiger partial charge in [0.1, 0.15) is 5.56 Å². The lowest BCUT2D eigenvalue weighted by molar-refractivity contribution is -0.616. The molecule has 4 atom stereocenters. The molecule has 1 aromatic rings. The average molecular weight is 470 g/mol. The first kappa shape index (κ1) is 24.3. The van der Waals surface area contributed by atoms with Crippen LogP contribution in [0, 0.1) is 22.5 Å². The molecule has 9 heteroatoms. The molecule has 1 saturated carbocycles. The van der Waals surface area contributed by atoms with Crippen molar-refractivity contribution in [2.24, 2.45) is 17.3 Å². The van der Waals surface area contributed by atoms with Crippen LogP contribution in [0.15, 0.2) is 12.3 Å². The van der Waals surface area contributed by atoms with Gasteiger partial charge < -0.3 is 20.2 Å². The third kappa shape index (κ3) is 4.71. The normalized spacial score (nSPS) is 30.5. The number of ether oxygens (including phenoxy) is 1. The summed E-state index contributed by atoms with van der Waals surface area (Å²) in [6.07, 6.45) is -0.405. The van der Waals surface area contributed by atoms with Crippen LogP contribution in [0.1, 0.15) is 63.3 Å². The summed E-state index contributed by atoms with van der Waals surface area (Å²) < 4.78 is 45.5. The van der Waals surface area contributed by atoms with E-state index in [9.17, 15) is 23.2 Å². The van der Waals surface area contributed by atoms with Crippen LogP contribution >= 0.6 is 0 Å². The predicted octanol–water partition coefficient (Wildman–Crippen LogP) is 3.43. The second kappa shape index (κ2) is 9.06. The summed E-state index contributed by atoms with van der Waals surface area (Å²) in [6.45, 7) is 8.18. The Morgan fingerprint density at radius 1 is 1.36 bits per heavy atom. The molecular formula is C24H34F3N3O3. The summed E-state index contributed by atoms with van der Waals surface area (Å²) in [6, 6.07) is 1.63. The number of pyridine rings is 1. The summed E-state index contributed by atoms with van der Waals surface area (Å²) in [5.41, 5.74) is -0.898. The Kier molecular flexibility index (Phi) is 6.66. The zero-order valence-electron chi connectivity index (χ0n) is 19.6. The molecule has 184 valence electrons. The summed E-state index contributed by atoms with van der Waals surface area (Å²) in [5.74, 6) is 0.530. The largest absolute Gasteiger partial charge is 0.618 e. The van der Waals surface area contributed by atoms with Crippen molar-refractivity contribution in [2.75, 3.05) is 19.8 Å². The second-order valence-electron chi connectivity index (χ2n) is 10.4. The highest BCUT2D eigenvalue weighted by Crippen LogP contribution is 2.47. The summed E-state index contributed by atoms with van der Waals surface area (Å²) in [7, 11) is 0. The molecule has 2 fully saturated rings. The van der Waals surface area contributed by atoms with Gasteiger partial charge in [-0.05, 0) is 43.6 Å². The Hall–Kier alpha value is -1.87. The second-order valence-corrected chi connectivity index (χ2v) is 10.4. The van der Waals surface area contributed by atoms with E-state index in [1.807, 2.05) is 0 Å². The molecule has 0 aromatic carbocycles. The van der Waals surface area contributed by atoms with Gasteiger partial charge in [0.05, 0.1) is 25.0 Å². The monoisotopic (exact) mass is 469 g/mol. The number of aromatic nitrogens is 1. The van der Waals surface area contributed by atoms with Crippen molar-refractivity contribution in [3.05, 3.63) is 34.3 Å². The molecule has 1 amide bonds. The Morgan fingerprint density at radius 3 is 2.79 bits per heavy atom. The molecule has 3 aliphatic rings. The van der Waals surface area contributed by atoms with Gasteiger partial charge in [-0.25, -0.2) is 0 Å². The van der Waals surface area contributed by atoms with E-state index in [-0.39, 0.29) is 30.8 Å². The first-order valence-corrected chi connectivity index (χ1v) is 12.0. The number of nitrogens with zero attached hydrogens (tertiary/aromatic N) is 2. The first-order chi connectivity index (χ1) is 15.5. The van der Waals surface area contributed by atoms with Crippen molar-refractivity contribution in [3.8, 4) is 0 Å². The number of alkyl halides is 3. The van der Waals surface area contributed by atoms with Crippen LogP contribution in [-0.4, -0.2) is 42.6 Å². The van der Waals surface area contributed by atoms with Crippen LogP contribution in [0.3, 0.4) is 0 Å². The van der Waals surface area contributed by atoms with Gasteiger partial charge in [-0.1, -0.05) is 20.8 Å². The van der Waals surface area contributed by atoms with Crippen LogP contribution < -0.4 is 10.0 Å². The number of fused-ring (bicyclic) bond motifs is 1. The SMILES string of the molecule is CC(C)[C@]1(C(=O)N2CCc3c(cc(C(F)(F)F)c[n+]3[O-])C2)CC[C@@H](N[C@H]2CCOC[C@H]2C)C1. The van der Waals surface area contributed by atoms with Gasteiger partial charge in [0.25, 0.3) is 0 Å². The zero-order valence-corrected chi connectivity index (χ0v) is 19.6. The third-order valence-electron chi connectivity index (χ3n) is 7.99. The van der Waals surface area contributed by atoms with Crippen LogP contribution in [0.4, 0.5) is 13.2 Å². The van der Waals surface area contributed by atoms with E-state index in [0.29, 0.717) is 40.7 Å². The first-order valence-electron chi connectivity index (χ1n) is 12.0. The minimum atomic E-state index is -4.60. The number of carbonyl (C=O) groups is 1. The summed E-state index contributed by atoms with van der Waals surface area (Å²) >= 11 is 0. The lowest BCUT2D eigenvalue weighted by Crippen LogP contribution is -2.51. The topological polar surface area (TPSA) is 68.5 Å². The molecule has 0 radical (unpaired) electrons. The van der Waals surface area contributed by atoms with Gasteiger partial charge >= 0.3 is 6.18 Å². The Morgan fingerprint density at radius 2 is 2.12 bits per heavy atom. The fourth-order valence-electron chi connectivity index (χ4n) is 5.84. The Bertz CT molecular complexity index is 892. The molecule has 0 bridgehead atoms. The van der Waals surface area contributed by atoms with Crippen LogP contribution in [-0.2, 0) is 28.7 Å². The third-order valence-corrected chi connectivity index (χ3v) is 7.99. The van der Waals surface area contributed by atoms with Crippen molar-refractivity contribution >= 4 is 5.91 Å². The van der Waals surface area contributed by atoms with Crippen molar-refractivity contribution < 1.29 is 27.4 Å². The van der Waals surface area contributed by atoms with Gasteiger partial charge in [-0.15, -0.1) is 0 Å². The smallest absolute Gasteiger partial charge is 0.422 e. The number of rotatable bonds is 4. The van der Waals surface area contributed by atoms with Gasteiger partial charge in [-0.2, -0.15) is 17.9 Å². The maximum absolute atomic E-state index is 13.8. The van der Waals surface area contributed by atoms with Gasteiger partial charge in [0.2, 0.25) is 5.91 Å². The Labute approximate surface area is 193 Å². The van der Waals surface area contributed by atoms with E-state index in [4.69, 9.17) is 4.74 Å². The lowest BCUT2D eigenvalue weighted by atomic mass is 9.74. The molecule has 4 rings (SSSR count). The lowest BCUT2D eigenvalue weighted by Gasteiger charge is -2.39. The number of nitrogens with one attached hydrogen (secondary N) is 1. The summed E-state index contributed by atoms with van der Waals surface area (Å²) in [5, 5.41) is 16.0. The molecule has 3 heterocycles. The quantitative estimate of drug-likeness (QED) is 0.542. The predicted molar refractivity (Wildman–Crippen MR) is 116 cm³/mol. The zero-order chi connectivity index (χ0) is 24.0. The molecule has 33 heavy (non-hydrogen) atoms. The molecule has 6 nitrogen and oxygen atoms in total. The van der Waals surface area contributed by atoms with Crippen LogP contribution in [0.5, 0.6) is 0 Å². The number of carbonyl (C=O) groups excluding carboxylic acids is 1. The van der Waals surface area contributed by atoms with E-state index in [1.165, 1.54) is 0 Å². The van der Waals surface area contributed by atoms with E-state index >= 15 is 0 Å². The molecule has 1 saturated heterocycles. The minimum absolute atomic E-state index is 0.00216. The molecule has 1 aromatic heterocycles. The van der Waals surface area contributed by atoms with Crippen LogP contribution in [0.25, 0.3) is 0 Å². The minimum Gasteiger partial charge on any atom is -0.618 e. The fourth-order valence-corrected chi connectivity index (χ4v) is 5.84. The maximum Gasteiger partial charge on any atom is 0.422 e. The van der Waals surface area contributed by atoms with E-state index in [1.54, 1.807) is 4.90 Å². The molecule has 2 aliphatic heterocycles. The van der Waals surface area contributed by atoms with Gasteiger partial charge in [-0.3, -0.25) is 4.79 Å². The molecule has 1 N–H and O–H groups in total. The van der Waals surface area contributed by atoms with Crippen molar-refractivity contribution in [1.29, 1.82) is 0 Å². The average Bonchev–Trinajstić information content (AvgIpc) is 3.19. The van der Waals surface area contributed by atoms with Crippen molar-refractivity contribution in [1.82, 2.24) is 10.2 Å². The van der Waals surface area contributed by atoms with Gasteiger partial charge in [0, 0.05) is 30.8 Å². The van der Waals surface area contributed by atoms with E-state index in [0.717, 1.165) is 45.0 Å². The molecule has 0 spiro atoms. The molecule has 0 unspecified atom stereocenters. The number of hydrogen-bond donors (Lipinski definition) is 1. The van der Waals surface area contributed by atoms with E-state index < -0.39 is 17.2 Å². The number of hydrogen-bond acceptors (Lipinski definition) is 4. The highest BCUT2D eigenvalue weighted by atomic mass is 19.4. The van der Waals surface area contributed by atoms with E-state index in [2.05, 4.69) is 26.1 Å². The number of halogens is 3. The Balaban J connectivity index is 1.51. The number of amides is 1. The molecule has 1 aliphatic carbocycles. The fraction of sp³-hybridized carbons (Fsp3) is 0.750. The van der Waals surface area contributed by atoms with Crippen LogP contribution in [0.2, 0.25) is 0 Å². The standard InChI is InChI=1S/C24H34F3N3O3/c1-15(2)23(7-4-19(11-23)28-20-6-9-33-14-16(20)3)22(31)29-8-5-21-17(12-29)10-18(13-30(21)32)24(25,26)27/h10,13,15-16,19-20,28H,4-9,11-12,14H2,1-3H3/t16-,19-,20+,23+/m1/s1. The summed E-state index contributed by atoms with van der Waals surface area (Å²) in [4.78, 5) is 15.5. The maximum atomic E-state index is 13.8.